The van der Waals surface area contributed by atoms with Crippen molar-refractivity contribution < 1.29 is 9.90 Å². The summed E-state index contributed by atoms with van der Waals surface area (Å²) in [6, 6.07) is 0.473. The Kier molecular flexibility index (Phi) is 4.48. The van der Waals surface area contributed by atoms with Gasteiger partial charge in [0, 0.05) is 18.4 Å². The zero-order chi connectivity index (χ0) is 10.4. The molecule has 0 bridgehead atoms. The third-order valence-electron chi connectivity index (χ3n) is 2.69. The van der Waals surface area contributed by atoms with E-state index in [0.717, 1.165) is 19.5 Å². The van der Waals surface area contributed by atoms with Gasteiger partial charge in [-0.25, -0.2) is 4.79 Å². The molecular weight excluding hydrogens is 178 g/mol. The van der Waals surface area contributed by atoms with Crippen molar-refractivity contribution in [2.75, 3.05) is 13.1 Å². The van der Waals surface area contributed by atoms with Gasteiger partial charge in [0.05, 0.1) is 0 Å². The van der Waals surface area contributed by atoms with E-state index < -0.39 is 5.97 Å². The minimum atomic E-state index is -1.02. The molecule has 0 aromatic carbocycles. The number of aliphatic carboxylic acids is 1. The molecule has 0 aliphatic carbocycles. The van der Waals surface area contributed by atoms with Crippen LogP contribution in [0.5, 0.6) is 0 Å². The van der Waals surface area contributed by atoms with Crippen molar-refractivity contribution >= 4 is 5.97 Å². The Balaban J connectivity index is 2.42. The van der Waals surface area contributed by atoms with E-state index in [1.165, 1.54) is 12.8 Å². The molecule has 1 aliphatic heterocycles. The van der Waals surface area contributed by atoms with Gasteiger partial charge in [-0.05, 0) is 25.9 Å². The molecule has 3 heteroatoms. The van der Waals surface area contributed by atoms with Crippen molar-refractivity contribution in [2.45, 2.75) is 38.6 Å². The first kappa shape index (κ1) is 11.1. The van der Waals surface area contributed by atoms with Gasteiger partial charge >= 0.3 is 5.97 Å². The molecule has 14 heavy (non-hydrogen) atoms. The second kappa shape index (κ2) is 5.66. The summed E-state index contributed by atoms with van der Waals surface area (Å²) in [7, 11) is 0. The Labute approximate surface area is 85.1 Å². The Bertz CT molecular complexity index is 252. The van der Waals surface area contributed by atoms with E-state index in [9.17, 15) is 4.79 Å². The van der Waals surface area contributed by atoms with E-state index >= 15 is 0 Å². The summed E-state index contributed by atoms with van der Waals surface area (Å²) in [6.45, 7) is 4.32. The molecular formula is C11H17NO2. The van der Waals surface area contributed by atoms with E-state index in [-0.39, 0.29) is 0 Å². The molecule has 3 nitrogen and oxygen atoms in total. The van der Waals surface area contributed by atoms with Gasteiger partial charge in [0.2, 0.25) is 0 Å². The average molecular weight is 195 g/mol. The van der Waals surface area contributed by atoms with Crippen LogP contribution in [0, 0.1) is 11.8 Å². The Morgan fingerprint density at radius 1 is 1.57 bits per heavy atom. The standard InChI is InChI=1S/C11H17NO2/c1-2-12-9-4-3-6-10(12)7-5-8-11(13)14/h10H,2-4,6-7,9H2,1H3,(H,13,14). The van der Waals surface area contributed by atoms with Crippen molar-refractivity contribution in [3.8, 4) is 11.8 Å². The van der Waals surface area contributed by atoms with Gasteiger partial charge in [0.25, 0.3) is 0 Å². The molecule has 1 fully saturated rings. The molecule has 1 rings (SSSR count). The molecule has 0 spiro atoms. The van der Waals surface area contributed by atoms with Gasteiger partial charge in [-0.1, -0.05) is 19.3 Å². The topological polar surface area (TPSA) is 40.5 Å². The number of carbonyl (C=O) groups is 1. The number of carboxylic acid groups (broad SMARTS) is 1. The van der Waals surface area contributed by atoms with Gasteiger partial charge in [-0.15, -0.1) is 0 Å². The maximum Gasteiger partial charge on any atom is 0.381 e. The van der Waals surface area contributed by atoms with E-state index in [0.29, 0.717) is 12.5 Å². The van der Waals surface area contributed by atoms with E-state index in [4.69, 9.17) is 5.11 Å². The summed E-state index contributed by atoms with van der Waals surface area (Å²) in [5.74, 6) is 3.88. The summed E-state index contributed by atoms with van der Waals surface area (Å²) in [5.41, 5.74) is 0. The number of hydrogen-bond acceptors (Lipinski definition) is 2. The largest absolute Gasteiger partial charge is 0.472 e. The van der Waals surface area contributed by atoms with Gasteiger partial charge in [0.15, 0.2) is 0 Å². The summed E-state index contributed by atoms with van der Waals surface area (Å²) < 4.78 is 0. The highest BCUT2D eigenvalue weighted by Gasteiger charge is 2.19. The SMILES string of the molecule is CCN1CCCCC1CC#CC(=O)O. The van der Waals surface area contributed by atoms with Gasteiger partial charge in [-0.2, -0.15) is 0 Å². The molecule has 0 saturated carbocycles. The summed E-state index contributed by atoms with van der Waals surface area (Å²) >= 11 is 0. The van der Waals surface area contributed by atoms with Crippen LogP contribution < -0.4 is 0 Å². The van der Waals surface area contributed by atoms with Crippen molar-refractivity contribution in [3.05, 3.63) is 0 Å². The second-order valence-corrected chi connectivity index (χ2v) is 3.59. The molecule has 1 atom stereocenters. The molecule has 0 amide bonds. The first-order chi connectivity index (χ1) is 6.74. The van der Waals surface area contributed by atoms with Gasteiger partial charge < -0.3 is 5.11 Å². The zero-order valence-electron chi connectivity index (χ0n) is 8.62. The predicted molar refractivity (Wildman–Crippen MR) is 54.9 cm³/mol. The molecule has 78 valence electrons. The fraction of sp³-hybridized carbons (Fsp3) is 0.727. The average Bonchev–Trinajstić information content (AvgIpc) is 2.18. The van der Waals surface area contributed by atoms with Crippen molar-refractivity contribution in [3.63, 3.8) is 0 Å². The molecule has 1 N–H and O–H groups in total. The van der Waals surface area contributed by atoms with Crippen molar-refractivity contribution in [1.82, 2.24) is 4.90 Å². The number of rotatable bonds is 2. The highest BCUT2D eigenvalue weighted by molar-refractivity contribution is 5.86. The minimum absolute atomic E-state index is 0.473. The molecule has 0 aromatic heterocycles. The molecule has 0 radical (unpaired) electrons. The highest BCUT2D eigenvalue weighted by atomic mass is 16.4. The van der Waals surface area contributed by atoms with E-state index in [1.54, 1.807) is 0 Å². The van der Waals surface area contributed by atoms with Crippen LogP contribution in [0.2, 0.25) is 0 Å². The van der Waals surface area contributed by atoms with Crippen LogP contribution in [0.1, 0.15) is 32.6 Å². The first-order valence-corrected chi connectivity index (χ1v) is 5.20. The highest BCUT2D eigenvalue weighted by Crippen LogP contribution is 2.18. The number of piperidine rings is 1. The molecule has 0 aromatic rings. The zero-order valence-corrected chi connectivity index (χ0v) is 8.62. The predicted octanol–water partition coefficient (Wildman–Crippen LogP) is 1.34. The lowest BCUT2D eigenvalue weighted by atomic mass is 10.00. The summed E-state index contributed by atoms with van der Waals surface area (Å²) in [5, 5.41) is 8.38. The maximum absolute atomic E-state index is 10.2. The maximum atomic E-state index is 10.2. The Morgan fingerprint density at radius 2 is 2.36 bits per heavy atom. The van der Waals surface area contributed by atoms with Crippen LogP contribution >= 0.6 is 0 Å². The van der Waals surface area contributed by atoms with E-state index in [1.807, 2.05) is 0 Å². The minimum Gasteiger partial charge on any atom is -0.472 e. The van der Waals surface area contributed by atoms with Crippen LogP contribution in [-0.4, -0.2) is 35.1 Å². The van der Waals surface area contributed by atoms with Crippen LogP contribution in [-0.2, 0) is 4.79 Å². The Hall–Kier alpha value is -1.01. The summed E-state index contributed by atoms with van der Waals surface area (Å²) in [6.07, 6.45) is 4.36. The van der Waals surface area contributed by atoms with Crippen LogP contribution in [0.25, 0.3) is 0 Å². The number of nitrogens with zero attached hydrogens (tertiary/aromatic N) is 1. The van der Waals surface area contributed by atoms with Crippen molar-refractivity contribution in [1.29, 1.82) is 0 Å². The lowest BCUT2D eigenvalue weighted by molar-refractivity contribution is -0.130. The third-order valence-corrected chi connectivity index (χ3v) is 2.69. The first-order valence-electron chi connectivity index (χ1n) is 5.20. The van der Waals surface area contributed by atoms with Gasteiger partial charge in [-0.3, -0.25) is 4.90 Å². The lowest BCUT2D eigenvalue weighted by Gasteiger charge is -2.33. The smallest absolute Gasteiger partial charge is 0.381 e. The quantitative estimate of drug-likeness (QED) is 0.676. The molecule has 1 aliphatic rings. The fourth-order valence-corrected chi connectivity index (χ4v) is 1.95. The molecule has 1 heterocycles. The van der Waals surface area contributed by atoms with Crippen molar-refractivity contribution in [2.24, 2.45) is 0 Å². The number of carboxylic acids is 1. The van der Waals surface area contributed by atoms with Crippen LogP contribution in [0.4, 0.5) is 0 Å². The lowest BCUT2D eigenvalue weighted by Crippen LogP contribution is -2.38. The van der Waals surface area contributed by atoms with Crippen LogP contribution in [0.3, 0.4) is 0 Å². The monoisotopic (exact) mass is 195 g/mol. The van der Waals surface area contributed by atoms with Gasteiger partial charge in [0.1, 0.15) is 0 Å². The summed E-state index contributed by atoms with van der Waals surface area (Å²) in [4.78, 5) is 12.6. The number of likely N-dealkylation sites (tertiary alicyclic amines) is 1. The Morgan fingerprint density at radius 3 is 3.00 bits per heavy atom. The molecule has 1 unspecified atom stereocenters. The number of hydrogen-bond donors (Lipinski definition) is 1. The van der Waals surface area contributed by atoms with Crippen LogP contribution in [0.15, 0.2) is 0 Å². The van der Waals surface area contributed by atoms with E-state index in [2.05, 4.69) is 23.7 Å². The fourth-order valence-electron chi connectivity index (χ4n) is 1.95. The second-order valence-electron chi connectivity index (χ2n) is 3.59. The normalized spacial score (nSPS) is 22.5. The third kappa shape index (κ3) is 3.39. The molecule has 1 saturated heterocycles.